The number of aryl methyl sites for hydroxylation is 3. The van der Waals surface area contributed by atoms with Gasteiger partial charge in [-0.05, 0) is 32.4 Å². The molecule has 0 bridgehead atoms. The smallest absolute Gasteiger partial charge is 0.263 e. The van der Waals surface area contributed by atoms with E-state index in [0.717, 1.165) is 17.5 Å². The van der Waals surface area contributed by atoms with Crippen LogP contribution in [0.25, 0.3) is 5.82 Å². The average molecular weight is 388 g/mol. The number of anilines is 1. The van der Waals surface area contributed by atoms with Gasteiger partial charge in [-0.2, -0.15) is 5.10 Å². The van der Waals surface area contributed by atoms with Gasteiger partial charge in [0.1, 0.15) is 12.1 Å². The van der Waals surface area contributed by atoms with Gasteiger partial charge in [0.15, 0.2) is 5.82 Å². The summed E-state index contributed by atoms with van der Waals surface area (Å²) in [6, 6.07) is 6.94. The van der Waals surface area contributed by atoms with Crippen LogP contribution in [-0.2, 0) is 10.0 Å². The van der Waals surface area contributed by atoms with E-state index in [1.54, 1.807) is 11.6 Å². The number of benzene rings is 1. The molecule has 0 aliphatic carbocycles. The van der Waals surface area contributed by atoms with Gasteiger partial charge in [-0.3, -0.25) is 14.8 Å². The van der Waals surface area contributed by atoms with Crippen LogP contribution in [0.5, 0.6) is 0 Å². The lowest BCUT2D eigenvalue weighted by Crippen LogP contribution is -2.16. The molecule has 0 aliphatic rings. The van der Waals surface area contributed by atoms with Crippen molar-refractivity contribution in [1.82, 2.24) is 19.7 Å². The number of nitrogens with zero attached hydrogens (tertiary/aromatic N) is 5. The van der Waals surface area contributed by atoms with Gasteiger partial charge in [-0.25, -0.2) is 23.1 Å². The monoisotopic (exact) mass is 388 g/mol. The lowest BCUT2D eigenvalue weighted by molar-refractivity contribution is -0.385. The maximum atomic E-state index is 12.7. The van der Waals surface area contributed by atoms with Crippen molar-refractivity contribution in [3.05, 3.63) is 63.7 Å². The standard InChI is InChI=1S/C16H16N6O4S/c1-10-4-5-13(22(23)24)7-14(10)27(25,26)20-15-8-16(18-9-17-15)21-12(3)6-11(2)19-21/h4-9H,1-3H3,(H,17,18,20). The van der Waals surface area contributed by atoms with Gasteiger partial charge >= 0.3 is 0 Å². The molecule has 2 aromatic heterocycles. The summed E-state index contributed by atoms with van der Waals surface area (Å²) in [5.74, 6) is 0.419. The SMILES string of the molecule is Cc1cc(C)n(-c2cc(NS(=O)(=O)c3cc([N+](=O)[O-])ccc3C)ncn2)n1. The molecule has 3 rings (SSSR count). The third-order valence-electron chi connectivity index (χ3n) is 3.79. The highest BCUT2D eigenvalue weighted by Crippen LogP contribution is 2.24. The van der Waals surface area contributed by atoms with Gasteiger partial charge in [0.2, 0.25) is 0 Å². The number of nitrogens with one attached hydrogen (secondary N) is 1. The molecule has 1 N–H and O–H groups in total. The normalized spacial score (nSPS) is 11.4. The number of hydrogen-bond donors (Lipinski definition) is 1. The first kappa shape index (κ1) is 18.5. The number of rotatable bonds is 5. The summed E-state index contributed by atoms with van der Waals surface area (Å²) < 4.78 is 29.3. The molecule has 3 aromatic rings. The highest BCUT2D eigenvalue weighted by molar-refractivity contribution is 7.92. The van der Waals surface area contributed by atoms with Crippen LogP contribution < -0.4 is 4.72 Å². The number of hydrogen-bond acceptors (Lipinski definition) is 7. The van der Waals surface area contributed by atoms with E-state index in [-0.39, 0.29) is 16.4 Å². The van der Waals surface area contributed by atoms with Crippen molar-refractivity contribution in [2.24, 2.45) is 0 Å². The Morgan fingerprint density at radius 2 is 1.85 bits per heavy atom. The van der Waals surface area contributed by atoms with Gasteiger partial charge in [-0.1, -0.05) is 6.07 Å². The maximum Gasteiger partial charge on any atom is 0.270 e. The molecule has 27 heavy (non-hydrogen) atoms. The van der Waals surface area contributed by atoms with E-state index >= 15 is 0 Å². The predicted octanol–water partition coefficient (Wildman–Crippen LogP) is 2.30. The molecule has 10 nitrogen and oxygen atoms in total. The summed E-state index contributed by atoms with van der Waals surface area (Å²) in [6.45, 7) is 5.23. The number of nitro benzene ring substituents is 1. The Morgan fingerprint density at radius 1 is 1.11 bits per heavy atom. The summed E-state index contributed by atoms with van der Waals surface area (Å²) in [7, 11) is -4.08. The highest BCUT2D eigenvalue weighted by atomic mass is 32.2. The minimum absolute atomic E-state index is 0.0264. The van der Waals surface area contributed by atoms with Crippen molar-refractivity contribution < 1.29 is 13.3 Å². The molecule has 0 amide bonds. The zero-order valence-corrected chi connectivity index (χ0v) is 15.6. The molecule has 0 fully saturated rings. The second kappa shape index (κ2) is 6.76. The fourth-order valence-electron chi connectivity index (χ4n) is 2.56. The van der Waals surface area contributed by atoms with Crippen LogP contribution >= 0.6 is 0 Å². The number of aromatic nitrogens is 4. The van der Waals surface area contributed by atoms with Crippen molar-refractivity contribution in [3.63, 3.8) is 0 Å². The zero-order valence-electron chi connectivity index (χ0n) is 14.7. The van der Waals surface area contributed by atoms with Crippen molar-refractivity contribution in [3.8, 4) is 5.82 Å². The van der Waals surface area contributed by atoms with Gasteiger partial charge in [0.05, 0.1) is 15.5 Å². The van der Waals surface area contributed by atoms with Crippen molar-refractivity contribution in [1.29, 1.82) is 0 Å². The minimum Gasteiger partial charge on any atom is -0.263 e. The third kappa shape index (κ3) is 3.77. The molecular formula is C16H16N6O4S. The average Bonchev–Trinajstić information content (AvgIpc) is 2.93. The van der Waals surface area contributed by atoms with E-state index in [0.29, 0.717) is 11.4 Å². The van der Waals surface area contributed by atoms with E-state index in [4.69, 9.17) is 0 Å². The Bertz CT molecular complexity index is 1140. The van der Waals surface area contributed by atoms with E-state index in [1.807, 2.05) is 19.9 Å². The first-order valence-electron chi connectivity index (χ1n) is 7.81. The van der Waals surface area contributed by atoms with Gasteiger partial charge in [0, 0.05) is 23.9 Å². The Balaban J connectivity index is 1.98. The molecule has 0 aliphatic heterocycles. The fraction of sp³-hybridized carbons (Fsp3) is 0.188. The summed E-state index contributed by atoms with van der Waals surface area (Å²) in [4.78, 5) is 18.1. The lowest BCUT2D eigenvalue weighted by atomic mass is 10.2. The largest absolute Gasteiger partial charge is 0.270 e. The third-order valence-corrected chi connectivity index (χ3v) is 5.29. The van der Waals surface area contributed by atoms with Gasteiger partial charge in [0.25, 0.3) is 15.7 Å². The fourth-order valence-corrected chi connectivity index (χ4v) is 3.83. The molecule has 0 saturated heterocycles. The first-order valence-corrected chi connectivity index (χ1v) is 9.29. The summed E-state index contributed by atoms with van der Waals surface area (Å²) in [5, 5.41) is 15.2. The Labute approximate surface area is 155 Å². The Hall–Kier alpha value is -3.34. The summed E-state index contributed by atoms with van der Waals surface area (Å²) >= 11 is 0. The lowest BCUT2D eigenvalue weighted by Gasteiger charge is -2.10. The second-order valence-electron chi connectivity index (χ2n) is 5.91. The Kier molecular flexibility index (Phi) is 4.62. The molecule has 2 heterocycles. The highest BCUT2D eigenvalue weighted by Gasteiger charge is 2.21. The van der Waals surface area contributed by atoms with E-state index in [1.165, 1.54) is 24.5 Å². The van der Waals surface area contributed by atoms with Crippen LogP contribution in [0.4, 0.5) is 11.5 Å². The summed E-state index contributed by atoms with van der Waals surface area (Å²) in [5.41, 5.74) is 1.68. The molecule has 0 atom stereocenters. The van der Waals surface area contributed by atoms with Crippen LogP contribution in [0.3, 0.4) is 0 Å². The first-order chi connectivity index (χ1) is 12.7. The molecular weight excluding hydrogens is 372 g/mol. The number of sulfonamides is 1. The second-order valence-corrected chi connectivity index (χ2v) is 7.56. The van der Waals surface area contributed by atoms with Crippen LogP contribution in [0.2, 0.25) is 0 Å². The Morgan fingerprint density at radius 3 is 2.48 bits per heavy atom. The maximum absolute atomic E-state index is 12.7. The molecule has 1 aromatic carbocycles. The van der Waals surface area contributed by atoms with Crippen LogP contribution in [0.1, 0.15) is 17.0 Å². The molecule has 140 valence electrons. The molecule has 0 radical (unpaired) electrons. The zero-order chi connectivity index (χ0) is 19.8. The molecule has 11 heteroatoms. The number of nitro groups is 1. The van der Waals surface area contributed by atoms with Crippen LogP contribution in [-0.4, -0.2) is 33.1 Å². The summed E-state index contributed by atoms with van der Waals surface area (Å²) in [6.07, 6.45) is 1.21. The van der Waals surface area contributed by atoms with Crippen LogP contribution in [0, 0.1) is 30.9 Å². The van der Waals surface area contributed by atoms with Crippen molar-refractivity contribution in [2.75, 3.05) is 4.72 Å². The van der Waals surface area contributed by atoms with Gasteiger partial charge < -0.3 is 0 Å². The van der Waals surface area contributed by atoms with Gasteiger partial charge in [-0.15, -0.1) is 0 Å². The predicted molar refractivity (Wildman–Crippen MR) is 97.3 cm³/mol. The quantitative estimate of drug-likeness (QED) is 0.523. The van der Waals surface area contributed by atoms with Crippen molar-refractivity contribution >= 4 is 21.5 Å². The molecule has 0 spiro atoms. The topological polar surface area (TPSA) is 133 Å². The van der Waals surface area contributed by atoms with E-state index in [2.05, 4.69) is 19.8 Å². The minimum atomic E-state index is -4.08. The van der Waals surface area contributed by atoms with Crippen molar-refractivity contribution in [2.45, 2.75) is 25.7 Å². The van der Waals surface area contributed by atoms with E-state index < -0.39 is 14.9 Å². The number of non-ortho nitro benzene ring substituents is 1. The van der Waals surface area contributed by atoms with E-state index in [9.17, 15) is 18.5 Å². The van der Waals surface area contributed by atoms with Crippen LogP contribution in [0.15, 0.2) is 41.6 Å². The molecule has 0 unspecified atom stereocenters. The molecule has 0 saturated carbocycles.